The molecule has 0 amide bonds. The molecular weight excluding hydrogens is 332 g/mol. The van der Waals surface area contributed by atoms with Crippen molar-refractivity contribution in [2.24, 2.45) is 0 Å². The van der Waals surface area contributed by atoms with Crippen molar-refractivity contribution < 1.29 is 4.52 Å². The Bertz CT molecular complexity index is 941. The number of aromatic nitrogens is 2. The summed E-state index contributed by atoms with van der Waals surface area (Å²) in [6.45, 7) is 6.78. The van der Waals surface area contributed by atoms with Gasteiger partial charge in [0.2, 0.25) is 0 Å². The average Bonchev–Trinajstić information content (AvgIpc) is 3.24. The number of hydrogen-bond acceptors (Lipinski definition) is 3. The molecule has 0 aliphatic carbocycles. The maximum atomic E-state index is 4.61. The van der Waals surface area contributed by atoms with Gasteiger partial charge in [0.05, 0.1) is 0 Å². The summed E-state index contributed by atoms with van der Waals surface area (Å²) >= 11 is 0. The van der Waals surface area contributed by atoms with E-state index in [9.17, 15) is 0 Å². The molecule has 0 aliphatic rings. The van der Waals surface area contributed by atoms with Gasteiger partial charge in [-0.15, -0.1) is 5.10 Å². The Labute approximate surface area is 160 Å². The Kier molecular flexibility index (Phi) is 5.82. The zero-order valence-electron chi connectivity index (χ0n) is 16.0. The molecule has 1 aromatic heterocycles. The van der Waals surface area contributed by atoms with E-state index in [1.807, 2.05) is 30.3 Å². The van der Waals surface area contributed by atoms with E-state index in [1.54, 1.807) is 0 Å². The molecule has 3 aromatic carbocycles. The highest BCUT2D eigenvalue weighted by Crippen LogP contribution is 2.32. The molecule has 0 unspecified atom stereocenters. The van der Waals surface area contributed by atoms with E-state index in [0.717, 1.165) is 11.3 Å². The zero-order chi connectivity index (χ0) is 19.1. The molecule has 0 aliphatic heterocycles. The zero-order valence-corrected chi connectivity index (χ0v) is 16.0. The predicted octanol–water partition coefficient (Wildman–Crippen LogP) is 6.39. The van der Waals surface area contributed by atoms with Gasteiger partial charge in [-0.3, -0.25) is 0 Å². The van der Waals surface area contributed by atoms with E-state index in [4.69, 9.17) is 0 Å². The van der Waals surface area contributed by atoms with E-state index in [1.165, 1.54) is 23.0 Å². The number of nitrogens with zero attached hydrogens (tertiary/aromatic N) is 2. The van der Waals surface area contributed by atoms with Crippen LogP contribution < -0.4 is 0 Å². The minimum atomic E-state index is 0.187. The molecule has 3 heteroatoms. The first-order valence-electron chi connectivity index (χ1n) is 9.03. The smallest absolute Gasteiger partial charge is 0.152 e. The minimum absolute atomic E-state index is 0.187. The second-order valence-corrected chi connectivity index (χ2v) is 7.32. The van der Waals surface area contributed by atoms with Crippen LogP contribution in [0.5, 0.6) is 0 Å². The molecule has 0 saturated carbocycles. The van der Waals surface area contributed by atoms with Gasteiger partial charge >= 0.3 is 0 Å². The third-order valence-electron chi connectivity index (χ3n) is 4.25. The van der Waals surface area contributed by atoms with Crippen molar-refractivity contribution in [1.82, 2.24) is 10.4 Å². The summed E-state index contributed by atoms with van der Waals surface area (Å²) in [4.78, 5) is 0. The van der Waals surface area contributed by atoms with Gasteiger partial charge in [0.15, 0.2) is 6.26 Å². The molecule has 0 fully saturated rings. The molecule has 0 bridgehead atoms. The maximum absolute atomic E-state index is 4.61. The second kappa shape index (κ2) is 8.45. The third-order valence-corrected chi connectivity index (χ3v) is 4.25. The Morgan fingerprint density at radius 2 is 1.22 bits per heavy atom. The van der Waals surface area contributed by atoms with Crippen LogP contribution in [0.15, 0.2) is 95.7 Å². The highest BCUT2D eigenvalue weighted by atomic mass is 16.5. The van der Waals surface area contributed by atoms with Crippen LogP contribution in [0.25, 0.3) is 22.4 Å². The van der Waals surface area contributed by atoms with Gasteiger partial charge in [-0.1, -0.05) is 106 Å². The fraction of sp³-hybridized carbons (Fsp3) is 0.167. The molecule has 0 N–H and O–H groups in total. The first-order chi connectivity index (χ1) is 13.1. The minimum Gasteiger partial charge on any atom is -0.345 e. The molecule has 4 rings (SSSR count). The van der Waals surface area contributed by atoms with E-state index in [0.29, 0.717) is 0 Å². The maximum Gasteiger partial charge on any atom is 0.152 e. The van der Waals surface area contributed by atoms with Gasteiger partial charge in [-0.25, -0.2) is 0 Å². The highest BCUT2D eigenvalue weighted by molar-refractivity contribution is 5.68. The van der Waals surface area contributed by atoms with E-state index >= 15 is 0 Å². The largest absolute Gasteiger partial charge is 0.345 e. The van der Waals surface area contributed by atoms with Crippen molar-refractivity contribution in [1.29, 1.82) is 0 Å². The van der Waals surface area contributed by atoms with Gasteiger partial charge in [0, 0.05) is 10.8 Å². The molecule has 3 nitrogen and oxygen atoms in total. The van der Waals surface area contributed by atoms with Crippen LogP contribution >= 0.6 is 0 Å². The summed E-state index contributed by atoms with van der Waals surface area (Å²) in [6.07, 6.45) is 1.52. The van der Waals surface area contributed by atoms with Crippen LogP contribution in [0.1, 0.15) is 26.3 Å². The molecular formula is C24H24N2O. The van der Waals surface area contributed by atoms with E-state index < -0.39 is 0 Å². The Morgan fingerprint density at radius 1 is 0.667 bits per heavy atom. The molecule has 0 radical (unpaired) electrons. The van der Waals surface area contributed by atoms with E-state index in [2.05, 4.69) is 90.3 Å². The first kappa shape index (κ1) is 18.6. The Morgan fingerprint density at radius 3 is 1.78 bits per heavy atom. The van der Waals surface area contributed by atoms with E-state index in [-0.39, 0.29) is 5.41 Å². The number of benzene rings is 3. The SMILES string of the molecule is CC(C)(C)c1ccccc1-c1ccccc1.c1ccc(-c2conn2)cc1. The van der Waals surface area contributed by atoms with Crippen LogP contribution in [-0.2, 0) is 5.41 Å². The van der Waals surface area contributed by atoms with Crippen molar-refractivity contribution >= 4 is 0 Å². The van der Waals surface area contributed by atoms with Gasteiger partial charge in [0.25, 0.3) is 0 Å². The second-order valence-electron chi connectivity index (χ2n) is 7.32. The Balaban J connectivity index is 0.000000166. The monoisotopic (exact) mass is 356 g/mol. The predicted molar refractivity (Wildman–Crippen MR) is 110 cm³/mol. The summed E-state index contributed by atoms with van der Waals surface area (Å²) in [5.74, 6) is 0. The molecule has 136 valence electrons. The number of hydrogen-bond donors (Lipinski definition) is 0. The van der Waals surface area contributed by atoms with Crippen LogP contribution in [0.2, 0.25) is 0 Å². The van der Waals surface area contributed by atoms with Crippen molar-refractivity contribution in [2.45, 2.75) is 26.2 Å². The van der Waals surface area contributed by atoms with Crippen LogP contribution in [0, 0.1) is 0 Å². The first-order valence-corrected chi connectivity index (χ1v) is 9.03. The Hall–Kier alpha value is -3.20. The summed E-state index contributed by atoms with van der Waals surface area (Å²) in [7, 11) is 0. The number of rotatable bonds is 2. The lowest BCUT2D eigenvalue weighted by Crippen LogP contribution is -2.12. The molecule has 1 heterocycles. The standard InChI is InChI=1S/C16H18.C8H6N2O/c1-16(2,3)15-12-8-7-11-14(15)13-9-5-4-6-10-13;1-2-4-7(5-3-1)8-6-11-10-9-8/h4-12H,1-3H3;1-6H. The van der Waals surface area contributed by atoms with Crippen LogP contribution in [-0.4, -0.2) is 10.4 Å². The van der Waals surface area contributed by atoms with Gasteiger partial charge in [0.1, 0.15) is 5.69 Å². The van der Waals surface area contributed by atoms with Gasteiger partial charge < -0.3 is 4.52 Å². The van der Waals surface area contributed by atoms with Crippen molar-refractivity contribution in [3.8, 4) is 22.4 Å². The lowest BCUT2D eigenvalue weighted by atomic mass is 9.82. The summed E-state index contributed by atoms with van der Waals surface area (Å²) in [6, 6.07) is 29.0. The molecule has 0 saturated heterocycles. The van der Waals surface area contributed by atoms with Crippen LogP contribution in [0.3, 0.4) is 0 Å². The molecule has 0 spiro atoms. The third kappa shape index (κ3) is 4.91. The fourth-order valence-corrected chi connectivity index (χ4v) is 2.91. The lowest BCUT2D eigenvalue weighted by Gasteiger charge is -2.23. The fourth-order valence-electron chi connectivity index (χ4n) is 2.91. The van der Waals surface area contributed by atoms with Crippen molar-refractivity contribution in [3.63, 3.8) is 0 Å². The lowest BCUT2D eigenvalue weighted by molar-refractivity contribution is 0.393. The summed E-state index contributed by atoms with van der Waals surface area (Å²) in [5, 5.41) is 7.14. The van der Waals surface area contributed by atoms with Gasteiger partial charge in [-0.2, -0.15) is 0 Å². The normalized spacial score (nSPS) is 10.8. The van der Waals surface area contributed by atoms with Gasteiger partial charge in [-0.05, 0) is 22.1 Å². The molecule has 4 aromatic rings. The summed E-state index contributed by atoms with van der Waals surface area (Å²) in [5.41, 5.74) is 6.02. The van der Waals surface area contributed by atoms with Crippen LogP contribution in [0.4, 0.5) is 0 Å². The quantitative estimate of drug-likeness (QED) is 0.418. The van der Waals surface area contributed by atoms with Crippen molar-refractivity contribution in [3.05, 3.63) is 96.8 Å². The average molecular weight is 356 g/mol. The summed E-state index contributed by atoms with van der Waals surface area (Å²) < 4.78 is 4.61. The molecule has 0 atom stereocenters. The highest BCUT2D eigenvalue weighted by Gasteiger charge is 2.17. The molecule has 27 heavy (non-hydrogen) atoms. The van der Waals surface area contributed by atoms with Crippen molar-refractivity contribution in [2.75, 3.05) is 0 Å². The topological polar surface area (TPSA) is 38.9 Å².